The van der Waals surface area contributed by atoms with Crippen molar-refractivity contribution in [3.63, 3.8) is 0 Å². The molecule has 0 aliphatic rings. The summed E-state index contributed by atoms with van der Waals surface area (Å²) in [5.41, 5.74) is 1.13. The van der Waals surface area contributed by atoms with Gasteiger partial charge in [-0.15, -0.1) is 0 Å². The Balaban J connectivity index is 1.79. The molecule has 2 aromatic carbocycles. The van der Waals surface area contributed by atoms with Crippen LogP contribution < -0.4 is 16.0 Å². The summed E-state index contributed by atoms with van der Waals surface area (Å²) >= 11 is 0. The summed E-state index contributed by atoms with van der Waals surface area (Å²) in [7, 11) is 0. The number of hydrogen-bond donors (Lipinski definition) is 3. The molecule has 0 unspecified atom stereocenters. The van der Waals surface area contributed by atoms with Crippen LogP contribution in [0.4, 0.5) is 8.78 Å². The van der Waals surface area contributed by atoms with Gasteiger partial charge in [-0.25, -0.2) is 8.78 Å². The number of benzene rings is 2. The van der Waals surface area contributed by atoms with Gasteiger partial charge >= 0.3 is 0 Å². The van der Waals surface area contributed by atoms with E-state index < -0.39 is 41.4 Å². The van der Waals surface area contributed by atoms with Crippen molar-refractivity contribution in [1.29, 1.82) is 0 Å². The molecule has 0 heterocycles. The molecule has 0 saturated heterocycles. The molecule has 29 heavy (non-hydrogen) atoms. The van der Waals surface area contributed by atoms with Gasteiger partial charge in [-0.1, -0.05) is 30.3 Å². The van der Waals surface area contributed by atoms with E-state index in [2.05, 4.69) is 16.0 Å². The molecular weight excluding hydrogens is 380 g/mol. The maximum atomic E-state index is 13.2. The molecule has 154 valence electrons. The fourth-order valence-electron chi connectivity index (χ4n) is 2.55. The number of amides is 3. The number of rotatable bonds is 8. The predicted octanol–water partition coefficient (Wildman–Crippen LogP) is 1.83. The summed E-state index contributed by atoms with van der Waals surface area (Å²) in [5.74, 6) is -3.39. The second-order valence-corrected chi connectivity index (χ2v) is 6.69. The molecule has 2 aromatic rings. The highest BCUT2D eigenvalue weighted by Gasteiger charge is 2.21. The van der Waals surface area contributed by atoms with E-state index in [1.165, 1.54) is 6.92 Å². The van der Waals surface area contributed by atoms with Crippen LogP contribution in [0.1, 0.15) is 25.0 Å². The molecule has 0 aliphatic heterocycles. The van der Waals surface area contributed by atoms with E-state index in [-0.39, 0.29) is 12.0 Å². The van der Waals surface area contributed by atoms with Crippen molar-refractivity contribution in [3.8, 4) is 0 Å². The van der Waals surface area contributed by atoms with Gasteiger partial charge < -0.3 is 10.6 Å². The second-order valence-electron chi connectivity index (χ2n) is 6.69. The Labute approximate surface area is 167 Å². The lowest BCUT2D eigenvalue weighted by atomic mass is 10.1. The molecule has 0 bridgehead atoms. The van der Waals surface area contributed by atoms with Gasteiger partial charge in [-0.3, -0.25) is 19.7 Å². The van der Waals surface area contributed by atoms with Crippen LogP contribution in [0.15, 0.2) is 48.5 Å². The monoisotopic (exact) mass is 403 g/mol. The zero-order valence-electron chi connectivity index (χ0n) is 16.2. The Kier molecular flexibility index (Phi) is 7.97. The minimum atomic E-state index is -0.994. The molecule has 8 heteroatoms. The zero-order valence-corrected chi connectivity index (χ0v) is 16.2. The molecule has 3 amide bonds. The minimum Gasteiger partial charge on any atom is -0.344 e. The number of nitrogens with one attached hydrogen (secondary N) is 3. The van der Waals surface area contributed by atoms with Gasteiger partial charge in [-0.2, -0.15) is 0 Å². The first kappa shape index (κ1) is 22.2. The molecule has 0 spiro atoms. The molecule has 0 radical (unpaired) electrons. The van der Waals surface area contributed by atoms with Gasteiger partial charge in [0.1, 0.15) is 17.7 Å². The Morgan fingerprint density at radius 3 is 2.07 bits per heavy atom. The molecule has 0 fully saturated rings. The van der Waals surface area contributed by atoms with Crippen LogP contribution >= 0.6 is 0 Å². The third-order valence-electron chi connectivity index (χ3n) is 4.15. The summed E-state index contributed by atoms with van der Waals surface area (Å²) in [6.07, 6.45) is -0.296. The highest BCUT2D eigenvalue weighted by atomic mass is 19.1. The van der Waals surface area contributed by atoms with Crippen molar-refractivity contribution >= 4 is 17.7 Å². The van der Waals surface area contributed by atoms with Gasteiger partial charge in [0.25, 0.3) is 0 Å². The Bertz CT molecular complexity index is 854. The van der Waals surface area contributed by atoms with Crippen LogP contribution in [-0.2, 0) is 27.3 Å². The quantitative estimate of drug-likeness (QED) is 0.628. The first-order valence-electron chi connectivity index (χ1n) is 9.11. The summed E-state index contributed by atoms with van der Waals surface area (Å²) in [4.78, 5) is 36.3. The minimum absolute atomic E-state index is 0.141. The number of halogens is 2. The predicted molar refractivity (Wildman–Crippen MR) is 104 cm³/mol. The van der Waals surface area contributed by atoms with Gasteiger partial charge in [0.2, 0.25) is 17.7 Å². The van der Waals surface area contributed by atoms with E-state index >= 15 is 0 Å². The van der Waals surface area contributed by atoms with Gasteiger partial charge in [0, 0.05) is 12.6 Å². The lowest BCUT2D eigenvalue weighted by Crippen LogP contribution is -2.51. The van der Waals surface area contributed by atoms with Crippen LogP contribution in [0.25, 0.3) is 0 Å². The lowest BCUT2D eigenvalue weighted by Gasteiger charge is -2.17. The maximum Gasteiger partial charge on any atom is 0.248 e. The van der Waals surface area contributed by atoms with Gasteiger partial charge in [0.15, 0.2) is 0 Å². The average molecular weight is 403 g/mol. The molecule has 0 aliphatic carbocycles. The second kappa shape index (κ2) is 10.4. The van der Waals surface area contributed by atoms with Gasteiger partial charge in [0.05, 0.1) is 12.5 Å². The maximum absolute atomic E-state index is 13.2. The Hall–Kier alpha value is -3.13. The smallest absolute Gasteiger partial charge is 0.248 e. The van der Waals surface area contributed by atoms with E-state index in [0.717, 1.165) is 17.7 Å². The zero-order chi connectivity index (χ0) is 21.4. The fraction of sp³-hybridized carbons (Fsp3) is 0.286. The Morgan fingerprint density at radius 2 is 1.45 bits per heavy atom. The molecular formula is C21H23F2N3O3. The summed E-state index contributed by atoms with van der Waals surface area (Å²) in [6.45, 7) is 3.49. The number of carbonyl (C=O) groups is 3. The van der Waals surface area contributed by atoms with Crippen LogP contribution in [0, 0.1) is 11.6 Å². The highest BCUT2D eigenvalue weighted by Crippen LogP contribution is 2.08. The van der Waals surface area contributed by atoms with Crippen LogP contribution in [-0.4, -0.2) is 29.8 Å². The number of imide groups is 1. The van der Waals surface area contributed by atoms with E-state index in [1.807, 2.05) is 30.3 Å². The van der Waals surface area contributed by atoms with Crippen molar-refractivity contribution < 1.29 is 23.2 Å². The molecule has 2 rings (SSSR count). The van der Waals surface area contributed by atoms with E-state index in [0.29, 0.717) is 12.6 Å². The van der Waals surface area contributed by atoms with Crippen molar-refractivity contribution in [2.45, 2.75) is 38.9 Å². The third kappa shape index (κ3) is 7.42. The van der Waals surface area contributed by atoms with Crippen molar-refractivity contribution in [2.75, 3.05) is 0 Å². The van der Waals surface area contributed by atoms with E-state index in [1.54, 1.807) is 6.92 Å². The van der Waals surface area contributed by atoms with Crippen molar-refractivity contribution in [2.24, 2.45) is 0 Å². The first-order valence-corrected chi connectivity index (χ1v) is 9.11. The normalized spacial score (nSPS) is 12.7. The van der Waals surface area contributed by atoms with E-state index in [4.69, 9.17) is 0 Å². The SMILES string of the molecule is C[C@H](NCc1ccccc1)C(=O)NC(=O)[C@H](C)NC(=O)Cc1cc(F)cc(F)c1. The lowest BCUT2D eigenvalue weighted by molar-refractivity contribution is -0.134. The Morgan fingerprint density at radius 1 is 0.862 bits per heavy atom. The third-order valence-corrected chi connectivity index (χ3v) is 4.15. The van der Waals surface area contributed by atoms with Crippen molar-refractivity contribution in [3.05, 3.63) is 71.3 Å². The summed E-state index contributed by atoms with van der Waals surface area (Å²) in [5, 5.41) is 7.63. The molecule has 0 aromatic heterocycles. The molecule has 0 saturated carbocycles. The first-order chi connectivity index (χ1) is 13.7. The van der Waals surface area contributed by atoms with Crippen LogP contribution in [0.5, 0.6) is 0 Å². The molecule has 6 nitrogen and oxygen atoms in total. The largest absolute Gasteiger partial charge is 0.344 e. The van der Waals surface area contributed by atoms with Crippen LogP contribution in [0.2, 0.25) is 0 Å². The highest BCUT2D eigenvalue weighted by molar-refractivity contribution is 6.00. The standard InChI is InChI=1S/C21H23F2N3O3/c1-13(24-12-15-6-4-3-5-7-15)20(28)26-21(29)14(2)25-19(27)10-16-8-17(22)11-18(23)9-16/h3-9,11,13-14,24H,10,12H2,1-2H3,(H,25,27)(H,26,28,29)/t13-,14-/m0/s1. The van der Waals surface area contributed by atoms with Crippen molar-refractivity contribution in [1.82, 2.24) is 16.0 Å². The average Bonchev–Trinajstić information content (AvgIpc) is 2.65. The van der Waals surface area contributed by atoms with E-state index in [9.17, 15) is 23.2 Å². The fourth-order valence-corrected chi connectivity index (χ4v) is 2.55. The van der Waals surface area contributed by atoms with Crippen LogP contribution in [0.3, 0.4) is 0 Å². The number of hydrogen-bond acceptors (Lipinski definition) is 4. The summed E-state index contributed by atoms with van der Waals surface area (Å²) < 4.78 is 26.4. The molecule has 2 atom stereocenters. The topological polar surface area (TPSA) is 87.3 Å². The number of carbonyl (C=O) groups excluding carboxylic acids is 3. The van der Waals surface area contributed by atoms with Gasteiger partial charge in [-0.05, 0) is 37.1 Å². The summed E-state index contributed by atoms with van der Waals surface area (Å²) in [6, 6.07) is 10.6. The molecule has 3 N–H and O–H groups in total.